The predicted octanol–water partition coefficient (Wildman–Crippen LogP) is 3.02. The number of hydrogen-bond donors (Lipinski definition) is 2. The van der Waals surface area contributed by atoms with Crippen molar-refractivity contribution in [1.29, 1.82) is 5.41 Å². The van der Waals surface area contributed by atoms with E-state index in [0.29, 0.717) is 21.4 Å². The SMILES string of the molecule is CNc1c(F)cc(Br)cc1C(C)=N. The molecule has 0 atom stereocenters. The first-order valence-electron chi connectivity index (χ1n) is 3.78. The summed E-state index contributed by atoms with van der Waals surface area (Å²) in [4.78, 5) is 0. The van der Waals surface area contributed by atoms with E-state index in [2.05, 4.69) is 21.2 Å². The summed E-state index contributed by atoms with van der Waals surface area (Å²) in [5.74, 6) is -0.349. The van der Waals surface area contributed by atoms with Gasteiger partial charge in [0.1, 0.15) is 5.82 Å². The molecule has 0 radical (unpaired) electrons. The summed E-state index contributed by atoms with van der Waals surface area (Å²) in [6.45, 7) is 1.63. The maximum atomic E-state index is 13.3. The van der Waals surface area contributed by atoms with E-state index in [1.807, 2.05) is 0 Å². The van der Waals surface area contributed by atoms with Crippen molar-refractivity contribution in [3.05, 3.63) is 28.0 Å². The van der Waals surface area contributed by atoms with Crippen molar-refractivity contribution in [3.8, 4) is 0 Å². The minimum Gasteiger partial charge on any atom is -0.385 e. The average Bonchev–Trinajstić information content (AvgIpc) is 2.02. The van der Waals surface area contributed by atoms with Crippen LogP contribution in [-0.4, -0.2) is 12.8 Å². The molecule has 1 aromatic carbocycles. The van der Waals surface area contributed by atoms with Crippen molar-refractivity contribution in [2.45, 2.75) is 6.92 Å². The van der Waals surface area contributed by atoms with Crippen LogP contribution in [0.4, 0.5) is 10.1 Å². The normalized spacial score (nSPS) is 9.85. The van der Waals surface area contributed by atoms with E-state index < -0.39 is 0 Å². The van der Waals surface area contributed by atoms with Crippen LogP contribution in [0.2, 0.25) is 0 Å². The van der Waals surface area contributed by atoms with Crippen LogP contribution in [0, 0.1) is 11.2 Å². The third kappa shape index (κ3) is 2.06. The van der Waals surface area contributed by atoms with E-state index in [9.17, 15) is 4.39 Å². The highest BCUT2D eigenvalue weighted by Crippen LogP contribution is 2.24. The molecule has 1 rings (SSSR count). The standard InChI is InChI=1S/C9H10BrFN2/c1-5(12)7-3-6(10)4-8(11)9(7)13-2/h3-4,12-13H,1-2H3. The van der Waals surface area contributed by atoms with Gasteiger partial charge < -0.3 is 10.7 Å². The molecule has 0 bridgehead atoms. The highest BCUT2D eigenvalue weighted by Gasteiger charge is 2.09. The second kappa shape index (κ2) is 3.87. The topological polar surface area (TPSA) is 35.9 Å². The zero-order valence-corrected chi connectivity index (χ0v) is 9.00. The largest absolute Gasteiger partial charge is 0.385 e. The highest BCUT2D eigenvalue weighted by atomic mass is 79.9. The van der Waals surface area contributed by atoms with Gasteiger partial charge in [0.05, 0.1) is 5.69 Å². The second-order valence-electron chi connectivity index (χ2n) is 2.69. The van der Waals surface area contributed by atoms with Crippen molar-refractivity contribution >= 4 is 27.3 Å². The molecule has 0 saturated heterocycles. The molecule has 0 fully saturated rings. The molecule has 0 aliphatic rings. The maximum Gasteiger partial charge on any atom is 0.148 e. The fraction of sp³-hybridized carbons (Fsp3) is 0.222. The zero-order chi connectivity index (χ0) is 10.0. The number of nitrogens with one attached hydrogen (secondary N) is 2. The molecule has 70 valence electrons. The fourth-order valence-corrected chi connectivity index (χ4v) is 1.55. The van der Waals surface area contributed by atoms with E-state index in [0.717, 1.165) is 0 Å². The van der Waals surface area contributed by atoms with Gasteiger partial charge in [-0.3, -0.25) is 0 Å². The van der Waals surface area contributed by atoms with Crippen molar-refractivity contribution in [3.63, 3.8) is 0 Å². The monoisotopic (exact) mass is 244 g/mol. The van der Waals surface area contributed by atoms with Crippen LogP contribution in [0.25, 0.3) is 0 Å². The molecule has 13 heavy (non-hydrogen) atoms. The lowest BCUT2D eigenvalue weighted by molar-refractivity contribution is 0.630. The highest BCUT2D eigenvalue weighted by molar-refractivity contribution is 9.10. The Morgan fingerprint density at radius 3 is 2.62 bits per heavy atom. The van der Waals surface area contributed by atoms with E-state index >= 15 is 0 Å². The molecule has 0 saturated carbocycles. The molecule has 2 nitrogen and oxygen atoms in total. The first-order chi connectivity index (χ1) is 6.06. The molecular weight excluding hydrogens is 235 g/mol. The molecule has 0 amide bonds. The Morgan fingerprint density at radius 2 is 2.15 bits per heavy atom. The number of benzene rings is 1. The first-order valence-corrected chi connectivity index (χ1v) is 4.58. The number of hydrogen-bond acceptors (Lipinski definition) is 2. The van der Waals surface area contributed by atoms with Crippen molar-refractivity contribution < 1.29 is 4.39 Å². The molecule has 2 N–H and O–H groups in total. The quantitative estimate of drug-likeness (QED) is 0.772. The fourth-order valence-electron chi connectivity index (χ4n) is 1.12. The molecule has 0 heterocycles. The number of anilines is 1. The van der Waals surface area contributed by atoms with Crippen LogP contribution in [-0.2, 0) is 0 Å². The van der Waals surface area contributed by atoms with Crippen molar-refractivity contribution in [1.82, 2.24) is 0 Å². The summed E-state index contributed by atoms with van der Waals surface area (Å²) in [7, 11) is 1.64. The summed E-state index contributed by atoms with van der Waals surface area (Å²) in [5.41, 5.74) is 1.29. The minimum atomic E-state index is -0.349. The van der Waals surface area contributed by atoms with Gasteiger partial charge in [-0.15, -0.1) is 0 Å². The predicted molar refractivity (Wildman–Crippen MR) is 56.1 cm³/mol. The molecule has 0 unspecified atom stereocenters. The molecule has 0 aliphatic heterocycles. The van der Waals surface area contributed by atoms with Crippen LogP contribution < -0.4 is 5.32 Å². The summed E-state index contributed by atoms with van der Waals surface area (Å²) in [6.07, 6.45) is 0. The Morgan fingerprint density at radius 1 is 1.54 bits per heavy atom. The van der Waals surface area contributed by atoms with Gasteiger partial charge in [0.15, 0.2) is 0 Å². The first kappa shape index (κ1) is 10.2. The Hall–Kier alpha value is -0.900. The minimum absolute atomic E-state index is 0.338. The Kier molecular flexibility index (Phi) is 3.03. The molecule has 0 aliphatic carbocycles. The lowest BCUT2D eigenvalue weighted by Gasteiger charge is -2.09. The maximum absolute atomic E-state index is 13.3. The van der Waals surface area contributed by atoms with Gasteiger partial charge in [-0.25, -0.2) is 4.39 Å². The van der Waals surface area contributed by atoms with E-state index in [4.69, 9.17) is 5.41 Å². The van der Waals surface area contributed by atoms with Gasteiger partial charge in [-0.1, -0.05) is 15.9 Å². The average molecular weight is 245 g/mol. The summed E-state index contributed by atoms with van der Waals surface area (Å²) < 4.78 is 13.9. The smallest absolute Gasteiger partial charge is 0.148 e. The Bertz CT molecular complexity index is 350. The van der Waals surface area contributed by atoms with Crippen LogP contribution in [0.1, 0.15) is 12.5 Å². The third-order valence-electron chi connectivity index (χ3n) is 1.71. The van der Waals surface area contributed by atoms with Crippen molar-refractivity contribution in [2.75, 3.05) is 12.4 Å². The Labute approximate surface area is 84.8 Å². The van der Waals surface area contributed by atoms with Gasteiger partial charge >= 0.3 is 0 Å². The molecule has 4 heteroatoms. The van der Waals surface area contributed by atoms with Gasteiger partial charge in [-0.2, -0.15) is 0 Å². The van der Waals surface area contributed by atoms with Gasteiger partial charge in [0, 0.05) is 22.8 Å². The third-order valence-corrected chi connectivity index (χ3v) is 2.17. The van der Waals surface area contributed by atoms with Crippen molar-refractivity contribution in [2.24, 2.45) is 0 Å². The van der Waals surface area contributed by atoms with E-state index in [1.54, 1.807) is 20.0 Å². The Balaban J connectivity index is 3.38. The summed E-state index contributed by atoms with van der Waals surface area (Å²) >= 11 is 3.18. The molecule has 0 spiro atoms. The molecule has 0 aromatic heterocycles. The van der Waals surface area contributed by atoms with E-state index in [1.165, 1.54) is 6.07 Å². The van der Waals surface area contributed by atoms with Gasteiger partial charge in [0.25, 0.3) is 0 Å². The number of rotatable bonds is 2. The number of halogens is 2. The van der Waals surface area contributed by atoms with Crippen LogP contribution >= 0.6 is 15.9 Å². The molecular formula is C9H10BrFN2. The van der Waals surface area contributed by atoms with Crippen LogP contribution in [0.3, 0.4) is 0 Å². The molecule has 1 aromatic rings. The van der Waals surface area contributed by atoms with E-state index in [-0.39, 0.29) is 5.82 Å². The van der Waals surface area contributed by atoms with Crippen LogP contribution in [0.5, 0.6) is 0 Å². The van der Waals surface area contributed by atoms with Crippen LogP contribution in [0.15, 0.2) is 16.6 Å². The lowest BCUT2D eigenvalue weighted by Crippen LogP contribution is -2.02. The second-order valence-corrected chi connectivity index (χ2v) is 3.60. The summed E-state index contributed by atoms with van der Waals surface area (Å²) in [6, 6.07) is 3.09. The zero-order valence-electron chi connectivity index (χ0n) is 7.41. The van der Waals surface area contributed by atoms with Gasteiger partial charge in [0.2, 0.25) is 0 Å². The lowest BCUT2D eigenvalue weighted by atomic mass is 10.1. The van der Waals surface area contributed by atoms with Gasteiger partial charge in [-0.05, 0) is 19.1 Å². The summed E-state index contributed by atoms with van der Waals surface area (Å²) in [5, 5.41) is 10.2.